The molecule has 1 aliphatic rings. The van der Waals surface area contributed by atoms with Crippen molar-refractivity contribution in [2.75, 3.05) is 10.8 Å². The highest BCUT2D eigenvalue weighted by atomic mass is 127. The first kappa shape index (κ1) is 29.1. The van der Waals surface area contributed by atoms with Gasteiger partial charge >= 0.3 is 0 Å². The summed E-state index contributed by atoms with van der Waals surface area (Å²) in [5.74, 6) is -0.680. The molecular weight excluding hydrogens is 625 g/mol. The number of halogens is 1. The van der Waals surface area contributed by atoms with Gasteiger partial charge in [-0.25, -0.2) is 8.42 Å². The van der Waals surface area contributed by atoms with Crippen molar-refractivity contribution < 1.29 is 18.0 Å². The molecule has 0 aromatic heterocycles. The Kier molecular flexibility index (Phi) is 9.66. The van der Waals surface area contributed by atoms with E-state index in [1.54, 1.807) is 49.4 Å². The van der Waals surface area contributed by atoms with Gasteiger partial charge in [0.15, 0.2) is 0 Å². The van der Waals surface area contributed by atoms with E-state index in [1.165, 1.54) is 17.0 Å². The van der Waals surface area contributed by atoms with Gasteiger partial charge in [-0.3, -0.25) is 13.9 Å². The number of carbonyl (C=O) groups excluding carboxylic acids is 2. The molecule has 39 heavy (non-hydrogen) atoms. The molecule has 206 valence electrons. The van der Waals surface area contributed by atoms with Crippen molar-refractivity contribution in [3.8, 4) is 0 Å². The maximum atomic E-state index is 14.0. The standard InChI is InChI=1S/C30H34IN3O4S/c1-22-10-6-7-11-24(22)20-33(23(2)30(36)32-26-12-8-9-13-26)29(35)21-34(27-18-16-25(31)17-19-27)39(37,38)28-14-4-3-5-15-28/h3-7,10-11,14-19,23,26H,8-9,12-13,20-21H2,1-2H3,(H,32,36). The third kappa shape index (κ3) is 7.19. The predicted octanol–water partition coefficient (Wildman–Crippen LogP) is 5.27. The number of nitrogens with one attached hydrogen (secondary N) is 1. The van der Waals surface area contributed by atoms with Crippen LogP contribution in [0.25, 0.3) is 0 Å². The first-order valence-corrected chi connectivity index (χ1v) is 15.7. The van der Waals surface area contributed by atoms with Crippen LogP contribution in [0.2, 0.25) is 0 Å². The van der Waals surface area contributed by atoms with Crippen molar-refractivity contribution in [3.05, 3.63) is 93.6 Å². The van der Waals surface area contributed by atoms with E-state index in [2.05, 4.69) is 27.9 Å². The fourth-order valence-electron chi connectivity index (χ4n) is 4.80. The van der Waals surface area contributed by atoms with Crippen LogP contribution in [0.4, 0.5) is 5.69 Å². The summed E-state index contributed by atoms with van der Waals surface area (Å²) in [6.45, 7) is 3.42. The van der Waals surface area contributed by atoms with Crippen LogP contribution in [-0.4, -0.2) is 43.8 Å². The van der Waals surface area contributed by atoms with Gasteiger partial charge in [-0.2, -0.15) is 0 Å². The molecule has 3 aromatic carbocycles. The molecule has 4 rings (SSSR count). The van der Waals surface area contributed by atoms with E-state index in [9.17, 15) is 18.0 Å². The zero-order valence-electron chi connectivity index (χ0n) is 22.2. The molecule has 0 spiro atoms. The molecule has 2 amide bonds. The Balaban J connectivity index is 1.68. The molecule has 0 saturated heterocycles. The van der Waals surface area contributed by atoms with Gasteiger partial charge < -0.3 is 10.2 Å². The fourth-order valence-corrected chi connectivity index (χ4v) is 6.60. The van der Waals surface area contributed by atoms with E-state index in [4.69, 9.17) is 0 Å². The highest BCUT2D eigenvalue weighted by Gasteiger charge is 2.33. The Morgan fingerprint density at radius 3 is 2.21 bits per heavy atom. The van der Waals surface area contributed by atoms with Crippen LogP contribution >= 0.6 is 22.6 Å². The lowest BCUT2D eigenvalue weighted by Crippen LogP contribution is -2.52. The molecule has 1 N–H and O–H groups in total. The van der Waals surface area contributed by atoms with Gasteiger partial charge in [-0.1, -0.05) is 55.3 Å². The number of hydrogen-bond acceptors (Lipinski definition) is 4. The Morgan fingerprint density at radius 1 is 0.949 bits per heavy atom. The van der Waals surface area contributed by atoms with Crippen molar-refractivity contribution >= 4 is 50.1 Å². The number of anilines is 1. The molecule has 1 aliphatic carbocycles. The van der Waals surface area contributed by atoms with Crippen molar-refractivity contribution in [1.29, 1.82) is 0 Å². The largest absolute Gasteiger partial charge is 0.352 e. The zero-order chi connectivity index (χ0) is 28.0. The number of sulfonamides is 1. The lowest BCUT2D eigenvalue weighted by molar-refractivity contribution is -0.139. The van der Waals surface area contributed by atoms with Crippen LogP contribution in [0, 0.1) is 10.5 Å². The average Bonchev–Trinajstić information content (AvgIpc) is 3.45. The van der Waals surface area contributed by atoms with Crippen LogP contribution in [0.3, 0.4) is 0 Å². The van der Waals surface area contributed by atoms with E-state index >= 15 is 0 Å². The number of carbonyl (C=O) groups is 2. The molecule has 1 fully saturated rings. The Morgan fingerprint density at radius 2 is 1.56 bits per heavy atom. The number of benzene rings is 3. The highest BCUT2D eigenvalue weighted by Crippen LogP contribution is 2.26. The topological polar surface area (TPSA) is 86.8 Å². The second kappa shape index (κ2) is 13.0. The maximum absolute atomic E-state index is 14.0. The number of hydrogen-bond donors (Lipinski definition) is 1. The first-order valence-electron chi connectivity index (χ1n) is 13.1. The molecule has 9 heteroatoms. The van der Waals surface area contributed by atoms with Gasteiger partial charge in [-0.05, 0) is 96.8 Å². The van der Waals surface area contributed by atoms with Gasteiger partial charge in [-0.15, -0.1) is 0 Å². The smallest absolute Gasteiger partial charge is 0.264 e. The van der Waals surface area contributed by atoms with Gasteiger partial charge in [0.05, 0.1) is 10.6 Å². The molecule has 1 atom stereocenters. The Labute approximate surface area is 244 Å². The molecule has 0 bridgehead atoms. The van der Waals surface area contributed by atoms with Gasteiger partial charge in [0.25, 0.3) is 10.0 Å². The summed E-state index contributed by atoms with van der Waals surface area (Å²) in [6, 6.07) is 22.1. The molecule has 7 nitrogen and oxygen atoms in total. The molecule has 0 radical (unpaired) electrons. The molecule has 3 aromatic rings. The van der Waals surface area contributed by atoms with E-state index in [-0.39, 0.29) is 23.4 Å². The van der Waals surface area contributed by atoms with Crippen molar-refractivity contribution in [2.24, 2.45) is 0 Å². The lowest BCUT2D eigenvalue weighted by atomic mass is 10.1. The minimum atomic E-state index is -4.06. The second-order valence-electron chi connectivity index (χ2n) is 9.92. The minimum Gasteiger partial charge on any atom is -0.352 e. The quantitative estimate of drug-likeness (QED) is 0.301. The summed E-state index contributed by atoms with van der Waals surface area (Å²) < 4.78 is 29.7. The second-order valence-corrected chi connectivity index (χ2v) is 13.0. The molecule has 0 heterocycles. The van der Waals surface area contributed by atoms with Crippen LogP contribution < -0.4 is 9.62 Å². The lowest BCUT2D eigenvalue weighted by Gasteiger charge is -2.32. The molecule has 1 saturated carbocycles. The van der Waals surface area contributed by atoms with Gasteiger partial charge in [0.2, 0.25) is 11.8 Å². The highest BCUT2D eigenvalue weighted by molar-refractivity contribution is 14.1. The summed E-state index contributed by atoms with van der Waals surface area (Å²) in [5.41, 5.74) is 2.27. The Bertz CT molecular complexity index is 1390. The van der Waals surface area contributed by atoms with Crippen molar-refractivity contribution in [1.82, 2.24) is 10.2 Å². The Hall–Kier alpha value is -2.92. The summed E-state index contributed by atoms with van der Waals surface area (Å²) in [7, 11) is -4.06. The third-order valence-electron chi connectivity index (χ3n) is 7.20. The van der Waals surface area contributed by atoms with E-state index in [1.807, 2.05) is 31.2 Å². The molecule has 1 unspecified atom stereocenters. The van der Waals surface area contributed by atoms with Crippen LogP contribution in [0.15, 0.2) is 83.8 Å². The van der Waals surface area contributed by atoms with Crippen LogP contribution in [0.1, 0.15) is 43.7 Å². The monoisotopic (exact) mass is 659 g/mol. The normalized spacial score (nSPS) is 14.5. The van der Waals surface area contributed by atoms with Gasteiger partial charge in [0, 0.05) is 16.2 Å². The van der Waals surface area contributed by atoms with Crippen LogP contribution in [-0.2, 0) is 26.2 Å². The van der Waals surface area contributed by atoms with Gasteiger partial charge in [0.1, 0.15) is 12.6 Å². The predicted molar refractivity (Wildman–Crippen MR) is 162 cm³/mol. The number of nitrogens with zero attached hydrogens (tertiary/aromatic N) is 2. The molecule has 0 aliphatic heterocycles. The number of aryl methyl sites for hydroxylation is 1. The maximum Gasteiger partial charge on any atom is 0.264 e. The van der Waals surface area contributed by atoms with E-state index < -0.39 is 28.5 Å². The summed E-state index contributed by atoms with van der Waals surface area (Å²) in [5, 5.41) is 3.10. The fraction of sp³-hybridized carbons (Fsp3) is 0.333. The number of amides is 2. The van der Waals surface area contributed by atoms with Crippen molar-refractivity contribution in [3.63, 3.8) is 0 Å². The van der Waals surface area contributed by atoms with Crippen LogP contribution in [0.5, 0.6) is 0 Å². The molecular formula is C30H34IN3O4S. The first-order chi connectivity index (χ1) is 18.7. The average molecular weight is 660 g/mol. The summed E-state index contributed by atoms with van der Waals surface area (Å²) in [4.78, 5) is 28.9. The van der Waals surface area contributed by atoms with E-state index in [0.717, 1.165) is 44.7 Å². The summed E-state index contributed by atoms with van der Waals surface area (Å²) in [6.07, 6.45) is 4.02. The SMILES string of the molecule is Cc1ccccc1CN(C(=O)CN(c1ccc(I)cc1)S(=O)(=O)c1ccccc1)C(C)C(=O)NC1CCCC1. The van der Waals surface area contributed by atoms with E-state index in [0.29, 0.717) is 5.69 Å². The number of rotatable bonds is 10. The zero-order valence-corrected chi connectivity index (χ0v) is 25.2. The summed E-state index contributed by atoms with van der Waals surface area (Å²) >= 11 is 2.15. The third-order valence-corrected chi connectivity index (χ3v) is 9.70. The van der Waals surface area contributed by atoms with Crippen molar-refractivity contribution in [2.45, 2.75) is 63.1 Å². The minimum absolute atomic E-state index is 0.0915.